The Morgan fingerprint density at radius 2 is 2.12 bits per heavy atom. The van der Waals surface area contributed by atoms with Crippen LogP contribution < -0.4 is 10.1 Å². The predicted octanol–water partition coefficient (Wildman–Crippen LogP) is 3.73. The van der Waals surface area contributed by atoms with E-state index in [1.54, 1.807) is 4.68 Å². The van der Waals surface area contributed by atoms with Crippen LogP contribution in [0.4, 0.5) is 5.95 Å². The molecule has 6 nitrogen and oxygen atoms in total. The van der Waals surface area contributed by atoms with Gasteiger partial charge in [0.25, 0.3) is 0 Å². The molecule has 0 unspecified atom stereocenters. The number of carbonyl (C=O) groups is 1. The molecule has 1 N–H and O–H groups in total. The Bertz CT molecular complexity index is 881. The highest BCUT2D eigenvalue weighted by Gasteiger charge is 2.42. The molecule has 2 aromatic rings. The highest BCUT2D eigenvalue weighted by atomic mass is 16.5. The van der Waals surface area contributed by atoms with Crippen LogP contribution in [0.2, 0.25) is 0 Å². The Morgan fingerprint density at radius 3 is 2.92 bits per heavy atom. The number of ether oxygens (including phenoxy) is 1. The maximum Gasteiger partial charge on any atom is 0.226 e. The average Bonchev–Trinajstić information content (AvgIpc) is 3.05. The number of benzene rings is 1. The number of hydrogen-bond donors (Lipinski definition) is 1. The highest BCUT2D eigenvalue weighted by Crippen LogP contribution is 2.46. The lowest BCUT2D eigenvalue weighted by molar-refractivity contribution is -0.118. The van der Waals surface area contributed by atoms with Crippen LogP contribution in [0.25, 0.3) is 0 Å². The number of nitrogens with zero attached hydrogens (tertiary/aromatic N) is 3. The molecule has 0 saturated heterocycles. The maximum atomic E-state index is 13.1. The quantitative estimate of drug-likeness (QED) is 0.908. The number of anilines is 1. The number of allylic oxidation sites excluding steroid dienone is 2. The van der Waals surface area contributed by atoms with Crippen molar-refractivity contribution in [1.82, 2.24) is 14.8 Å². The van der Waals surface area contributed by atoms with Crippen LogP contribution in [0.5, 0.6) is 5.75 Å². The number of rotatable bonds is 4. The number of carbonyl (C=O) groups excluding carboxylic acids is 1. The third-order valence-corrected chi connectivity index (χ3v) is 4.95. The molecule has 0 radical (unpaired) electrons. The van der Waals surface area contributed by atoms with Crippen LogP contribution in [0, 0.1) is 5.41 Å². The molecule has 1 aromatic heterocycles. The zero-order valence-corrected chi connectivity index (χ0v) is 15.5. The Morgan fingerprint density at radius 1 is 1.31 bits per heavy atom. The van der Waals surface area contributed by atoms with E-state index in [0.717, 1.165) is 35.4 Å². The van der Waals surface area contributed by atoms with Gasteiger partial charge in [0.05, 0.1) is 6.61 Å². The number of nitrogens with one attached hydrogen (secondary N) is 1. The molecule has 0 amide bonds. The summed E-state index contributed by atoms with van der Waals surface area (Å²) in [6.07, 6.45) is 3.80. The minimum Gasteiger partial charge on any atom is -0.493 e. The largest absolute Gasteiger partial charge is 0.493 e. The second-order valence-corrected chi connectivity index (χ2v) is 7.78. The summed E-state index contributed by atoms with van der Waals surface area (Å²) >= 11 is 0. The van der Waals surface area contributed by atoms with E-state index in [9.17, 15) is 4.79 Å². The maximum absolute atomic E-state index is 13.1. The first-order chi connectivity index (χ1) is 12.5. The van der Waals surface area contributed by atoms with Gasteiger partial charge in [-0.15, -0.1) is 0 Å². The lowest BCUT2D eigenvalue weighted by atomic mass is 9.73. The zero-order chi connectivity index (χ0) is 18.3. The van der Waals surface area contributed by atoms with Gasteiger partial charge < -0.3 is 10.1 Å². The van der Waals surface area contributed by atoms with Crippen molar-refractivity contribution in [2.75, 3.05) is 11.9 Å². The summed E-state index contributed by atoms with van der Waals surface area (Å²) < 4.78 is 7.77. The standard InChI is InChI=1S/C20H24N4O2/c1-4-9-26-16-8-6-5-7-13(16)18-17-14(10-20(2,3)11-15(17)25)23-19-21-12-22-24(18)19/h5-8,12,18H,4,9-11H2,1-3H3,(H,21,22,23)/t18-/m1/s1. The number of ketones is 1. The van der Waals surface area contributed by atoms with Gasteiger partial charge >= 0.3 is 0 Å². The van der Waals surface area contributed by atoms with Crippen molar-refractivity contribution >= 4 is 11.7 Å². The molecule has 0 bridgehead atoms. The van der Waals surface area contributed by atoms with Gasteiger partial charge in [-0.2, -0.15) is 10.1 Å². The van der Waals surface area contributed by atoms with Crippen molar-refractivity contribution in [2.24, 2.45) is 5.41 Å². The third kappa shape index (κ3) is 2.79. The minimum absolute atomic E-state index is 0.0616. The molecule has 0 spiro atoms. The first-order valence-corrected chi connectivity index (χ1v) is 9.14. The number of Topliss-reactive ketones (excluding diaryl/α,β-unsaturated/α-hetero) is 1. The van der Waals surface area contributed by atoms with E-state index in [1.807, 2.05) is 24.3 Å². The summed E-state index contributed by atoms with van der Waals surface area (Å²) in [4.78, 5) is 17.4. The Balaban J connectivity index is 1.87. The van der Waals surface area contributed by atoms with Crippen molar-refractivity contribution < 1.29 is 9.53 Å². The van der Waals surface area contributed by atoms with E-state index in [1.165, 1.54) is 6.33 Å². The molecular formula is C20H24N4O2. The van der Waals surface area contributed by atoms with Gasteiger partial charge in [0.1, 0.15) is 18.1 Å². The van der Waals surface area contributed by atoms with E-state index in [0.29, 0.717) is 19.0 Å². The van der Waals surface area contributed by atoms with Crippen LogP contribution >= 0.6 is 0 Å². The Labute approximate surface area is 153 Å². The molecule has 26 heavy (non-hydrogen) atoms. The topological polar surface area (TPSA) is 69.0 Å². The van der Waals surface area contributed by atoms with Crippen molar-refractivity contribution in [2.45, 2.75) is 46.1 Å². The summed E-state index contributed by atoms with van der Waals surface area (Å²) in [5.41, 5.74) is 2.64. The van der Waals surface area contributed by atoms with E-state index >= 15 is 0 Å². The lowest BCUT2D eigenvalue weighted by Gasteiger charge is -2.38. The second kappa shape index (κ2) is 6.27. The summed E-state index contributed by atoms with van der Waals surface area (Å²) in [5, 5.41) is 7.73. The van der Waals surface area contributed by atoms with Gasteiger partial charge in [-0.25, -0.2) is 4.68 Å². The van der Waals surface area contributed by atoms with Gasteiger partial charge in [0.2, 0.25) is 5.95 Å². The molecular weight excluding hydrogens is 328 g/mol. The van der Waals surface area contributed by atoms with Crippen LogP contribution in [0.15, 0.2) is 41.9 Å². The number of para-hydroxylation sites is 1. The fourth-order valence-electron chi connectivity index (χ4n) is 3.89. The van der Waals surface area contributed by atoms with E-state index in [-0.39, 0.29) is 17.2 Å². The fraction of sp³-hybridized carbons (Fsp3) is 0.450. The third-order valence-electron chi connectivity index (χ3n) is 4.95. The summed E-state index contributed by atoms with van der Waals surface area (Å²) in [5.74, 6) is 1.64. The lowest BCUT2D eigenvalue weighted by Crippen LogP contribution is -2.36. The number of aromatic nitrogens is 3. The molecule has 1 atom stereocenters. The SMILES string of the molecule is CCCOc1ccccc1[C@@H]1C2=C(CC(C)(C)CC2=O)Nc2ncnn21. The summed E-state index contributed by atoms with van der Waals surface area (Å²) in [6, 6.07) is 7.61. The van der Waals surface area contributed by atoms with Gasteiger partial charge in [-0.05, 0) is 24.3 Å². The van der Waals surface area contributed by atoms with Gasteiger partial charge in [-0.3, -0.25) is 4.79 Å². The van der Waals surface area contributed by atoms with Crippen molar-refractivity contribution in [1.29, 1.82) is 0 Å². The van der Waals surface area contributed by atoms with E-state index in [4.69, 9.17) is 4.74 Å². The molecule has 2 heterocycles. The molecule has 1 aliphatic carbocycles. The van der Waals surface area contributed by atoms with Crippen molar-refractivity contribution in [3.8, 4) is 5.75 Å². The molecule has 1 aromatic carbocycles. The summed E-state index contributed by atoms with van der Waals surface area (Å²) in [6.45, 7) is 6.97. The molecule has 136 valence electrons. The van der Waals surface area contributed by atoms with Crippen molar-refractivity contribution in [3.63, 3.8) is 0 Å². The Hall–Kier alpha value is -2.63. The molecule has 1 aliphatic heterocycles. The molecule has 6 heteroatoms. The van der Waals surface area contributed by atoms with Crippen LogP contribution in [0.1, 0.15) is 51.6 Å². The number of hydrogen-bond acceptors (Lipinski definition) is 5. The van der Waals surface area contributed by atoms with Crippen LogP contribution in [0.3, 0.4) is 0 Å². The minimum atomic E-state index is -0.305. The first kappa shape index (κ1) is 16.8. The van der Waals surface area contributed by atoms with Crippen molar-refractivity contribution in [3.05, 3.63) is 47.4 Å². The fourth-order valence-corrected chi connectivity index (χ4v) is 3.89. The normalized spacial score (nSPS) is 21.0. The monoisotopic (exact) mass is 352 g/mol. The average molecular weight is 352 g/mol. The summed E-state index contributed by atoms with van der Waals surface area (Å²) in [7, 11) is 0. The van der Waals surface area contributed by atoms with Gasteiger partial charge in [0.15, 0.2) is 5.78 Å². The number of fused-ring (bicyclic) bond motifs is 1. The Kier molecular flexibility index (Phi) is 4.05. The zero-order valence-electron chi connectivity index (χ0n) is 15.5. The highest BCUT2D eigenvalue weighted by molar-refractivity contribution is 6.00. The molecule has 4 rings (SSSR count). The van der Waals surface area contributed by atoms with E-state index < -0.39 is 0 Å². The molecule has 0 saturated carbocycles. The predicted molar refractivity (Wildman–Crippen MR) is 99.1 cm³/mol. The smallest absolute Gasteiger partial charge is 0.226 e. The van der Waals surface area contributed by atoms with Crippen LogP contribution in [-0.4, -0.2) is 27.2 Å². The van der Waals surface area contributed by atoms with E-state index in [2.05, 4.69) is 36.2 Å². The molecule has 2 aliphatic rings. The van der Waals surface area contributed by atoms with Crippen LogP contribution in [-0.2, 0) is 4.79 Å². The van der Waals surface area contributed by atoms with Gasteiger partial charge in [-0.1, -0.05) is 39.0 Å². The van der Waals surface area contributed by atoms with Gasteiger partial charge in [0, 0.05) is 23.3 Å². The first-order valence-electron chi connectivity index (χ1n) is 9.14. The second-order valence-electron chi connectivity index (χ2n) is 7.78. The molecule has 0 fully saturated rings.